The van der Waals surface area contributed by atoms with Crippen LogP contribution in [0, 0.1) is 0 Å². The zero-order chi connectivity index (χ0) is 30.2. The fourth-order valence-corrected chi connectivity index (χ4v) is 5.77. The summed E-state index contributed by atoms with van der Waals surface area (Å²) in [5, 5.41) is 0.954. The van der Waals surface area contributed by atoms with E-state index in [9.17, 15) is 4.79 Å². The first-order valence-corrected chi connectivity index (χ1v) is 14.8. The van der Waals surface area contributed by atoms with Crippen LogP contribution in [0.25, 0.3) is 11.0 Å². The maximum Gasteiger partial charge on any atom is 0.336 e. The second kappa shape index (κ2) is 13.6. The van der Waals surface area contributed by atoms with Gasteiger partial charge in [-0.05, 0) is 85.3 Å². The van der Waals surface area contributed by atoms with Crippen molar-refractivity contribution in [2.75, 3.05) is 38.8 Å². The molecule has 0 saturated carbocycles. The second-order valence-electron chi connectivity index (χ2n) is 10.4. The molecule has 6 nitrogen and oxygen atoms in total. The van der Waals surface area contributed by atoms with E-state index in [2.05, 4.69) is 67.3 Å². The lowest BCUT2D eigenvalue weighted by Gasteiger charge is -2.36. The quantitative estimate of drug-likeness (QED) is 0.0816. The summed E-state index contributed by atoms with van der Waals surface area (Å²) in [7, 11) is 3.33. The predicted octanol–water partition coefficient (Wildman–Crippen LogP) is 7.60. The Balaban J connectivity index is 1.48. The van der Waals surface area contributed by atoms with Gasteiger partial charge in [0, 0.05) is 42.9 Å². The zero-order valence-corrected chi connectivity index (χ0v) is 25.3. The van der Waals surface area contributed by atoms with Gasteiger partial charge in [-0.1, -0.05) is 54.6 Å². The standard InChI is InChI=1S/C37H39NO5/c1-5-38(6-2)31-18-23-34-27(25-36(39)43-35(34)26-31)11-10-24-42-37(28-12-8-7-9-13-28,29-14-19-32(40-3)20-15-29)30-16-21-33(41-4)22-17-30/h7-9,12-23,25-26H,5-6,10-11,24H2,1-4H3. The highest BCUT2D eigenvalue weighted by Crippen LogP contribution is 2.42. The van der Waals surface area contributed by atoms with Crippen LogP contribution in [0.5, 0.6) is 11.5 Å². The molecule has 0 amide bonds. The first-order valence-electron chi connectivity index (χ1n) is 14.8. The first kappa shape index (κ1) is 29.9. The van der Waals surface area contributed by atoms with Crippen LogP contribution in [-0.2, 0) is 16.8 Å². The lowest BCUT2D eigenvalue weighted by atomic mass is 9.80. The monoisotopic (exact) mass is 577 g/mol. The molecule has 0 aliphatic rings. The van der Waals surface area contributed by atoms with E-state index in [0.29, 0.717) is 25.0 Å². The van der Waals surface area contributed by atoms with E-state index in [1.165, 1.54) is 0 Å². The maximum absolute atomic E-state index is 12.5. The van der Waals surface area contributed by atoms with Gasteiger partial charge in [0.15, 0.2) is 0 Å². The summed E-state index contributed by atoms with van der Waals surface area (Å²) < 4.78 is 23.5. The van der Waals surface area contributed by atoms with Crippen LogP contribution in [0.3, 0.4) is 0 Å². The van der Waals surface area contributed by atoms with Crippen LogP contribution in [0.2, 0.25) is 0 Å². The molecule has 43 heavy (non-hydrogen) atoms. The van der Waals surface area contributed by atoms with Crippen molar-refractivity contribution < 1.29 is 18.6 Å². The Bertz CT molecular complexity index is 1630. The molecule has 0 spiro atoms. The summed E-state index contributed by atoms with van der Waals surface area (Å²) in [6.07, 6.45) is 1.38. The third kappa shape index (κ3) is 6.30. The molecule has 5 rings (SSSR count). The molecule has 5 aromatic rings. The molecule has 0 unspecified atom stereocenters. The van der Waals surface area contributed by atoms with Crippen LogP contribution in [0.15, 0.2) is 112 Å². The van der Waals surface area contributed by atoms with E-state index < -0.39 is 5.60 Å². The number of aryl methyl sites for hydroxylation is 1. The number of hydrogen-bond acceptors (Lipinski definition) is 6. The largest absolute Gasteiger partial charge is 0.497 e. The Kier molecular flexibility index (Phi) is 9.48. The summed E-state index contributed by atoms with van der Waals surface area (Å²) in [6.45, 7) is 6.46. The van der Waals surface area contributed by atoms with Crippen molar-refractivity contribution in [3.05, 3.63) is 136 Å². The van der Waals surface area contributed by atoms with E-state index in [-0.39, 0.29) is 5.63 Å². The third-order valence-corrected chi connectivity index (χ3v) is 8.02. The van der Waals surface area contributed by atoms with Crippen LogP contribution in [0.4, 0.5) is 5.69 Å². The van der Waals surface area contributed by atoms with E-state index >= 15 is 0 Å². The highest BCUT2D eigenvalue weighted by atomic mass is 16.5. The molecule has 1 heterocycles. The van der Waals surface area contributed by atoms with Crippen molar-refractivity contribution in [2.24, 2.45) is 0 Å². The number of hydrogen-bond donors (Lipinski definition) is 0. The molecule has 222 valence electrons. The minimum absolute atomic E-state index is 0.338. The zero-order valence-electron chi connectivity index (χ0n) is 25.3. The van der Waals surface area contributed by atoms with Gasteiger partial charge in [-0.2, -0.15) is 0 Å². The molecule has 0 atom stereocenters. The van der Waals surface area contributed by atoms with Crippen molar-refractivity contribution in [2.45, 2.75) is 32.3 Å². The SMILES string of the molecule is CCN(CC)c1ccc2c(CCCOC(c3ccccc3)(c3ccc(OC)cc3)c3ccc(OC)cc3)cc(=O)oc2c1. The topological polar surface area (TPSA) is 61.1 Å². The predicted molar refractivity (Wildman–Crippen MR) is 173 cm³/mol. The lowest BCUT2D eigenvalue weighted by molar-refractivity contribution is 0.0116. The van der Waals surface area contributed by atoms with Crippen LogP contribution < -0.4 is 20.0 Å². The van der Waals surface area contributed by atoms with E-state index in [0.717, 1.165) is 57.9 Å². The number of methoxy groups -OCH3 is 2. The molecule has 0 aliphatic carbocycles. The number of fused-ring (bicyclic) bond motifs is 1. The van der Waals surface area contributed by atoms with Gasteiger partial charge in [0.05, 0.1) is 14.2 Å². The lowest BCUT2D eigenvalue weighted by Crippen LogP contribution is -2.33. The maximum atomic E-state index is 12.5. The van der Waals surface area contributed by atoms with Gasteiger partial charge in [0.1, 0.15) is 22.7 Å². The average Bonchev–Trinajstić information content (AvgIpc) is 3.06. The number of nitrogens with zero attached hydrogens (tertiary/aromatic N) is 1. The van der Waals surface area contributed by atoms with Gasteiger partial charge in [-0.3, -0.25) is 0 Å². The molecule has 0 aliphatic heterocycles. The molecule has 1 aromatic heterocycles. The number of ether oxygens (including phenoxy) is 3. The van der Waals surface area contributed by atoms with Crippen molar-refractivity contribution in [1.29, 1.82) is 0 Å². The molecule has 0 bridgehead atoms. The highest BCUT2D eigenvalue weighted by molar-refractivity contribution is 5.83. The summed E-state index contributed by atoms with van der Waals surface area (Å²) in [5.74, 6) is 1.55. The van der Waals surface area contributed by atoms with Gasteiger partial charge < -0.3 is 23.5 Å². The smallest absolute Gasteiger partial charge is 0.336 e. The number of benzene rings is 4. The van der Waals surface area contributed by atoms with E-state index in [1.807, 2.05) is 48.5 Å². The minimum atomic E-state index is -0.879. The molecular weight excluding hydrogens is 538 g/mol. The molecular formula is C37H39NO5. The molecule has 0 radical (unpaired) electrons. The molecule has 0 saturated heterocycles. The third-order valence-electron chi connectivity index (χ3n) is 8.02. The van der Waals surface area contributed by atoms with Crippen LogP contribution in [-0.4, -0.2) is 33.9 Å². The van der Waals surface area contributed by atoms with Gasteiger partial charge in [-0.25, -0.2) is 4.79 Å². The molecule has 6 heteroatoms. The van der Waals surface area contributed by atoms with Crippen molar-refractivity contribution in [1.82, 2.24) is 0 Å². The second-order valence-corrected chi connectivity index (χ2v) is 10.4. The minimum Gasteiger partial charge on any atom is -0.497 e. The van der Waals surface area contributed by atoms with Gasteiger partial charge >= 0.3 is 5.63 Å². The Morgan fingerprint density at radius 3 is 1.86 bits per heavy atom. The highest BCUT2D eigenvalue weighted by Gasteiger charge is 2.37. The van der Waals surface area contributed by atoms with E-state index in [1.54, 1.807) is 20.3 Å². The normalized spacial score (nSPS) is 11.4. The number of anilines is 1. The van der Waals surface area contributed by atoms with Crippen molar-refractivity contribution in [3.8, 4) is 11.5 Å². The Hall–Kier alpha value is -4.55. The van der Waals surface area contributed by atoms with Gasteiger partial charge in [0.25, 0.3) is 0 Å². The van der Waals surface area contributed by atoms with Crippen LogP contribution in [0.1, 0.15) is 42.5 Å². The van der Waals surface area contributed by atoms with Gasteiger partial charge in [-0.15, -0.1) is 0 Å². The number of rotatable bonds is 13. The van der Waals surface area contributed by atoms with E-state index in [4.69, 9.17) is 18.6 Å². The summed E-state index contributed by atoms with van der Waals surface area (Å²) >= 11 is 0. The summed E-state index contributed by atoms with van der Waals surface area (Å²) in [5.41, 5.74) is 4.39. The van der Waals surface area contributed by atoms with Crippen LogP contribution >= 0.6 is 0 Å². The Morgan fingerprint density at radius 2 is 1.30 bits per heavy atom. The average molecular weight is 578 g/mol. The van der Waals surface area contributed by atoms with Crippen molar-refractivity contribution >= 4 is 16.7 Å². The first-order chi connectivity index (χ1) is 21.0. The summed E-state index contributed by atoms with van der Waals surface area (Å²) in [6, 6.07) is 34.1. The fraction of sp³-hybridized carbons (Fsp3) is 0.270. The Morgan fingerprint density at radius 1 is 0.721 bits per heavy atom. The van der Waals surface area contributed by atoms with Gasteiger partial charge in [0.2, 0.25) is 0 Å². The fourth-order valence-electron chi connectivity index (χ4n) is 5.77. The molecule has 0 fully saturated rings. The Labute approximate surface area is 253 Å². The van der Waals surface area contributed by atoms with Crippen molar-refractivity contribution in [3.63, 3.8) is 0 Å². The summed E-state index contributed by atoms with van der Waals surface area (Å²) in [4.78, 5) is 14.8. The molecule has 4 aromatic carbocycles. The molecule has 0 N–H and O–H groups in total.